The van der Waals surface area contributed by atoms with Crippen LogP contribution in [-0.4, -0.2) is 22.6 Å². The zero-order valence-corrected chi connectivity index (χ0v) is 14.7. The van der Waals surface area contributed by atoms with Gasteiger partial charge in [0.1, 0.15) is 5.78 Å². The summed E-state index contributed by atoms with van der Waals surface area (Å²) in [6, 6.07) is 0. The molecular formula is C20H30O4. The minimum absolute atomic E-state index is 0.0659. The predicted octanol–water partition coefficient (Wildman–Crippen LogP) is 4.49. The van der Waals surface area contributed by atoms with E-state index in [1.165, 1.54) is 0 Å². The molecule has 0 amide bonds. The molecule has 1 rings (SSSR count). The van der Waals surface area contributed by atoms with Crippen LogP contribution in [0.5, 0.6) is 0 Å². The lowest BCUT2D eigenvalue weighted by atomic mass is 9.87. The van der Waals surface area contributed by atoms with Crippen LogP contribution in [-0.2, 0) is 14.4 Å². The van der Waals surface area contributed by atoms with Crippen LogP contribution in [0.25, 0.3) is 0 Å². The second kappa shape index (κ2) is 11.8. The third-order valence-electron chi connectivity index (χ3n) is 4.52. The lowest BCUT2D eigenvalue weighted by Gasteiger charge is -2.16. The molecule has 0 heterocycles. The number of unbranched alkanes of at least 4 members (excludes halogenated alkanes) is 3. The number of carbonyl (C=O) groups excluding carboxylic acids is 2. The molecule has 134 valence electrons. The van der Waals surface area contributed by atoms with Gasteiger partial charge in [-0.2, -0.15) is 0 Å². The van der Waals surface area contributed by atoms with Gasteiger partial charge in [0, 0.05) is 25.2 Å². The molecular weight excluding hydrogens is 304 g/mol. The van der Waals surface area contributed by atoms with Crippen molar-refractivity contribution in [3.8, 4) is 0 Å². The van der Waals surface area contributed by atoms with Crippen LogP contribution in [0.3, 0.4) is 0 Å². The molecule has 24 heavy (non-hydrogen) atoms. The third kappa shape index (κ3) is 8.23. The van der Waals surface area contributed by atoms with Crippen molar-refractivity contribution in [1.82, 2.24) is 0 Å². The molecule has 1 aliphatic carbocycles. The monoisotopic (exact) mass is 334 g/mol. The van der Waals surface area contributed by atoms with Crippen LogP contribution in [0.1, 0.15) is 71.1 Å². The maximum absolute atomic E-state index is 12.0. The smallest absolute Gasteiger partial charge is 0.303 e. The van der Waals surface area contributed by atoms with E-state index in [1.807, 2.05) is 18.2 Å². The van der Waals surface area contributed by atoms with Gasteiger partial charge < -0.3 is 5.11 Å². The molecule has 4 heteroatoms. The highest BCUT2D eigenvalue weighted by molar-refractivity contribution is 5.95. The number of carbonyl (C=O) groups is 3. The third-order valence-corrected chi connectivity index (χ3v) is 4.52. The van der Waals surface area contributed by atoms with Crippen molar-refractivity contribution in [3.05, 3.63) is 24.3 Å². The minimum Gasteiger partial charge on any atom is -0.481 e. The molecule has 0 unspecified atom stereocenters. The zero-order chi connectivity index (χ0) is 17.8. The van der Waals surface area contributed by atoms with Crippen LogP contribution in [0.15, 0.2) is 24.3 Å². The molecule has 0 spiro atoms. The van der Waals surface area contributed by atoms with Crippen molar-refractivity contribution in [3.63, 3.8) is 0 Å². The number of carboxylic acids is 1. The van der Waals surface area contributed by atoms with E-state index >= 15 is 0 Å². The molecule has 0 radical (unpaired) electrons. The van der Waals surface area contributed by atoms with E-state index in [-0.39, 0.29) is 29.8 Å². The fraction of sp³-hybridized carbons (Fsp3) is 0.650. The Kier molecular flexibility index (Phi) is 9.97. The number of allylic oxidation sites excluding steroid dienone is 4. The fourth-order valence-corrected chi connectivity index (χ4v) is 3.04. The van der Waals surface area contributed by atoms with Crippen LogP contribution in [0.2, 0.25) is 0 Å². The first kappa shape index (κ1) is 20.3. The Labute approximate surface area is 145 Å². The lowest BCUT2D eigenvalue weighted by molar-refractivity contribution is -0.137. The van der Waals surface area contributed by atoms with Crippen LogP contribution < -0.4 is 0 Å². The van der Waals surface area contributed by atoms with Gasteiger partial charge >= 0.3 is 5.97 Å². The van der Waals surface area contributed by atoms with Gasteiger partial charge in [-0.1, -0.05) is 38.0 Å². The molecule has 0 aromatic carbocycles. The highest BCUT2D eigenvalue weighted by Gasteiger charge is 2.29. The summed E-state index contributed by atoms with van der Waals surface area (Å²) in [5, 5.41) is 8.58. The molecule has 2 atom stereocenters. The number of rotatable bonds is 13. The molecule has 1 aliphatic rings. The molecule has 4 nitrogen and oxygen atoms in total. The maximum atomic E-state index is 12.0. The summed E-state index contributed by atoms with van der Waals surface area (Å²) in [5.74, 6) is -0.247. The Morgan fingerprint density at radius 1 is 1.12 bits per heavy atom. The number of hydrogen-bond donors (Lipinski definition) is 1. The second-order valence-corrected chi connectivity index (χ2v) is 6.56. The number of ketones is 2. The van der Waals surface area contributed by atoms with E-state index in [9.17, 15) is 14.4 Å². The SMILES string of the molecule is CCCCCC(=O)CC[C@H]1C(=O)C=C[C@@H]1C/C=C\CCCC(=O)O. The Morgan fingerprint density at radius 3 is 2.62 bits per heavy atom. The number of carboxylic acid groups (broad SMARTS) is 1. The van der Waals surface area contributed by atoms with Crippen molar-refractivity contribution in [2.24, 2.45) is 11.8 Å². The first-order chi connectivity index (χ1) is 11.5. The molecule has 0 aliphatic heterocycles. The minimum atomic E-state index is -0.767. The Hall–Kier alpha value is -1.71. The topological polar surface area (TPSA) is 71.4 Å². The van der Waals surface area contributed by atoms with Crippen molar-refractivity contribution < 1.29 is 19.5 Å². The van der Waals surface area contributed by atoms with Gasteiger partial charge in [0.2, 0.25) is 0 Å². The highest BCUT2D eigenvalue weighted by atomic mass is 16.4. The molecule has 0 aromatic rings. The van der Waals surface area contributed by atoms with Crippen molar-refractivity contribution in [1.29, 1.82) is 0 Å². The summed E-state index contributed by atoms with van der Waals surface area (Å²) in [7, 11) is 0. The second-order valence-electron chi connectivity index (χ2n) is 6.56. The fourth-order valence-electron chi connectivity index (χ4n) is 3.04. The molecule has 1 N–H and O–H groups in total. The van der Waals surface area contributed by atoms with Crippen LogP contribution in [0.4, 0.5) is 0 Å². The zero-order valence-electron chi connectivity index (χ0n) is 14.7. The van der Waals surface area contributed by atoms with Gasteiger partial charge in [-0.3, -0.25) is 14.4 Å². The number of aliphatic carboxylic acids is 1. The van der Waals surface area contributed by atoms with Gasteiger partial charge in [0.25, 0.3) is 0 Å². The van der Waals surface area contributed by atoms with E-state index in [0.29, 0.717) is 25.7 Å². The van der Waals surface area contributed by atoms with Crippen molar-refractivity contribution in [2.75, 3.05) is 0 Å². The lowest BCUT2D eigenvalue weighted by Crippen LogP contribution is -2.17. The van der Waals surface area contributed by atoms with Gasteiger partial charge in [-0.25, -0.2) is 0 Å². The van der Waals surface area contributed by atoms with Gasteiger partial charge in [-0.05, 0) is 44.1 Å². The summed E-state index contributed by atoms with van der Waals surface area (Å²) < 4.78 is 0. The molecule has 0 bridgehead atoms. The predicted molar refractivity (Wildman–Crippen MR) is 94.8 cm³/mol. The number of Topliss-reactive ketones (excluding diaryl/α,β-unsaturated/α-hetero) is 1. The summed E-state index contributed by atoms with van der Waals surface area (Å²) in [6.07, 6.45) is 14.9. The Morgan fingerprint density at radius 2 is 1.92 bits per heavy atom. The van der Waals surface area contributed by atoms with E-state index in [4.69, 9.17) is 5.11 Å². The van der Waals surface area contributed by atoms with E-state index in [1.54, 1.807) is 6.08 Å². The van der Waals surface area contributed by atoms with Gasteiger partial charge in [0.15, 0.2) is 5.78 Å². The van der Waals surface area contributed by atoms with E-state index in [2.05, 4.69) is 6.92 Å². The quantitative estimate of drug-likeness (QED) is 0.398. The van der Waals surface area contributed by atoms with Crippen molar-refractivity contribution in [2.45, 2.75) is 71.1 Å². The van der Waals surface area contributed by atoms with Gasteiger partial charge in [-0.15, -0.1) is 0 Å². The average Bonchev–Trinajstić information content (AvgIpc) is 2.89. The number of hydrogen-bond acceptors (Lipinski definition) is 3. The van der Waals surface area contributed by atoms with Gasteiger partial charge in [0.05, 0.1) is 0 Å². The summed E-state index contributed by atoms with van der Waals surface area (Å²) in [6.45, 7) is 2.12. The molecule has 0 saturated heterocycles. The highest BCUT2D eigenvalue weighted by Crippen LogP contribution is 2.30. The standard InChI is InChI=1S/C20H30O4/c1-2-3-6-10-17(21)13-14-18-16(12-15-19(18)22)9-7-4-5-8-11-20(23)24/h4,7,12,15-16,18H,2-3,5-6,8-11,13-14H2,1H3,(H,23,24)/b7-4-/t16-,18+/m0/s1. The van der Waals surface area contributed by atoms with E-state index < -0.39 is 5.97 Å². The van der Waals surface area contributed by atoms with Crippen molar-refractivity contribution >= 4 is 17.5 Å². The summed E-state index contributed by atoms with van der Waals surface area (Å²) in [5.41, 5.74) is 0. The summed E-state index contributed by atoms with van der Waals surface area (Å²) in [4.78, 5) is 34.3. The molecule has 0 aromatic heterocycles. The summed E-state index contributed by atoms with van der Waals surface area (Å²) >= 11 is 0. The first-order valence-corrected chi connectivity index (χ1v) is 9.15. The Balaban J connectivity index is 2.29. The average molecular weight is 334 g/mol. The Bertz CT molecular complexity index is 476. The normalized spacial score (nSPS) is 20.1. The largest absolute Gasteiger partial charge is 0.481 e. The van der Waals surface area contributed by atoms with Crippen LogP contribution >= 0.6 is 0 Å². The molecule has 0 saturated carbocycles. The molecule has 0 fully saturated rings. The maximum Gasteiger partial charge on any atom is 0.303 e. The van der Waals surface area contributed by atoms with E-state index in [0.717, 1.165) is 32.1 Å². The first-order valence-electron chi connectivity index (χ1n) is 9.15. The van der Waals surface area contributed by atoms with Crippen LogP contribution in [0, 0.1) is 11.8 Å².